The van der Waals surface area contributed by atoms with Gasteiger partial charge in [0.15, 0.2) is 0 Å². The molecule has 0 aromatic rings. The van der Waals surface area contributed by atoms with Gasteiger partial charge >= 0.3 is 8.80 Å². The first kappa shape index (κ1) is 17.4. The molecule has 0 aliphatic carbocycles. The third kappa shape index (κ3) is 5.16. The molecule has 0 bridgehead atoms. The van der Waals surface area contributed by atoms with Crippen LogP contribution in [0.25, 0.3) is 0 Å². The molecule has 14 heavy (non-hydrogen) atoms. The van der Waals surface area contributed by atoms with Crippen LogP contribution in [0.4, 0.5) is 0 Å². The Morgan fingerprint density at radius 2 is 1.29 bits per heavy atom. The molecule has 0 saturated carbocycles. The number of thiol groups is 1. The second-order valence-electron chi connectivity index (χ2n) is 2.58. The van der Waals surface area contributed by atoms with Crippen molar-refractivity contribution in [3.8, 4) is 0 Å². The minimum absolute atomic E-state index is 0. The molecule has 3 nitrogen and oxygen atoms in total. The maximum Gasteiger partial charge on any atom is 0.514 e. The fourth-order valence-electron chi connectivity index (χ4n) is 1.09. The van der Waals surface area contributed by atoms with E-state index in [0.29, 0.717) is 19.8 Å². The molecule has 91 valence electrons. The summed E-state index contributed by atoms with van der Waals surface area (Å²) in [5.74, 6) is 0. The fraction of sp³-hybridized carbons (Fsp3) is 1.00. The number of rotatable bonds is 7. The Hall–Kier alpha value is 0.966. The van der Waals surface area contributed by atoms with E-state index in [4.69, 9.17) is 13.3 Å². The summed E-state index contributed by atoms with van der Waals surface area (Å²) in [6.45, 7) is 9.60. The summed E-state index contributed by atoms with van der Waals surface area (Å²) in [4.78, 5) is 0.0207. The summed E-state index contributed by atoms with van der Waals surface area (Å²) >= 11 is 4.37. The average Bonchev–Trinajstić information content (AvgIpc) is 2.05. The van der Waals surface area contributed by atoms with Crippen molar-refractivity contribution in [3.05, 3.63) is 0 Å². The largest absolute Gasteiger partial charge is 0.514 e. The molecule has 1 atom stereocenters. The summed E-state index contributed by atoms with van der Waals surface area (Å²) in [5.41, 5.74) is 0. The van der Waals surface area contributed by atoms with Crippen molar-refractivity contribution in [3.63, 3.8) is 0 Å². The van der Waals surface area contributed by atoms with E-state index >= 15 is 0 Å². The summed E-state index contributed by atoms with van der Waals surface area (Å²) < 4.78 is 16.8. The zero-order valence-electron chi connectivity index (χ0n) is 9.17. The van der Waals surface area contributed by atoms with E-state index in [1.54, 1.807) is 0 Å². The average molecular weight is 288 g/mol. The van der Waals surface area contributed by atoms with E-state index in [2.05, 4.69) is 12.6 Å². The Labute approximate surface area is 104 Å². The molecule has 0 aliphatic rings. The molecule has 1 radical (unpaired) electrons. The van der Waals surface area contributed by atoms with Gasteiger partial charge in [0.2, 0.25) is 0 Å². The first-order chi connectivity index (χ1) is 6.13. The van der Waals surface area contributed by atoms with Crippen molar-refractivity contribution >= 4 is 21.4 Å². The predicted molar refractivity (Wildman–Crippen MR) is 59.1 cm³/mol. The van der Waals surface area contributed by atoms with E-state index in [0.717, 1.165) is 0 Å². The Morgan fingerprint density at radius 1 is 1.00 bits per heavy atom. The van der Waals surface area contributed by atoms with Gasteiger partial charge in [0, 0.05) is 36.9 Å². The van der Waals surface area contributed by atoms with Crippen LogP contribution in [0, 0.1) is 0 Å². The van der Waals surface area contributed by atoms with E-state index < -0.39 is 8.80 Å². The number of hydrogen-bond acceptors (Lipinski definition) is 4. The Bertz CT molecular complexity index is 121. The van der Waals surface area contributed by atoms with E-state index in [-0.39, 0.29) is 21.9 Å². The van der Waals surface area contributed by atoms with Crippen LogP contribution < -0.4 is 0 Å². The molecular formula is C8H20CuO3SSi. The van der Waals surface area contributed by atoms with Crippen LogP contribution in [0.2, 0.25) is 0 Å². The molecule has 0 aromatic carbocycles. The van der Waals surface area contributed by atoms with Crippen LogP contribution in [0.1, 0.15) is 27.7 Å². The molecule has 0 saturated heterocycles. The van der Waals surface area contributed by atoms with Gasteiger partial charge in [0.1, 0.15) is 0 Å². The minimum atomic E-state index is -2.51. The monoisotopic (exact) mass is 287 g/mol. The molecule has 6 heteroatoms. The summed E-state index contributed by atoms with van der Waals surface area (Å²) in [5, 5.41) is 0. The zero-order valence-corrected chi connectivity index (χ0v) is 12.0. The molecule has 0 fully saturated rings. The van der Waals surface area contributed by atoms with E-state index in [1.807, 2.05) is 27.7 Å². The van der Waals surface area contributed by atoms with Crippen molar-refractivity contribution < 1.29 is 30.3 Å². The third-order valence-electron chi connectivity index (χ3n) is 1.55. The first-order valence-corrected chi connectivity index (χ1v) is 7.04. The van der Waals surface area contributed by atoms with Crippen molar-refractivity contribution in [2.45, 2.75) is 32.6 Å². The van der Waals surface area contributed by atoms with Crippen LogP contribution in [-0.4, -0.2) is 33.5 Å². The van der Waals surface area contributed by atoms with Crippen LogP contribution in [-0.2, 0) is 30.3 Å². The quantitative estimate of drug-likeness (QED) is 0.572. The predicted octanol–water partition coefficient (Wildman–Crippen LogP) is 1.89. The van der Waals surface area contributed by atoms with Gasteiger partial charge in [0.25, 0.3) is 0 Å². The van der Waals surface area contributed by atoms with Crippen LogP contribution in [0.3, 0.4) is 0 Å². The van der Waals surface area contributed by atoms with Gasteiger partial charge in [-0.25, -0.2) is 0 Å². The van der Waals surface area contributed by atoms with Crippen molar-refractivity contribution in [2.75, 3.05) is 19.8 Å². The van der Waals surface area contributed by atoms with Gasteiger partial charge in [-0.3, -0.25) is 0 Å². The molecule has 1 unspecified atom stereocenters. The molecule has 0 N–H and O–H groups in total. The Kier molecular flexibility index (Phi) is 11.4. The molecule has 0 aliphatic heterocycles. The zero-order chi connectivity index (χ0) is 10.3. The van der Waals surface area contributed by atoms with Gasteiger partial charge in [-0.15, -0.1) is 0 Å². The van der Waals surface area contributed by atoms with Gasteiger partial charge in [-0.2, -0.15) is 12.6 Å². The molecular weight excluding hydrogens is 268 g/mol. The molecule has 0 amide bonds. The van der Waals surface area contributed by atoms with Crippen molar-refractivity contribution in [1.82, 2.24) is 0 Å². The maximum absolute atomic E-state index is 5.59. The third-order valence-corrected chi connectivity index (χ3v) is 5.59. The van der Waals surface area contributed by atoms with Crippen LogP contribution >= 0.6 is 12.6 Å². The number of hydrogen-bond donors (Lipinski definition) is 1. The molecule has 0 rings (SSSR count). The SMILES string of the molecule is CCO[Si](OCC)(OCC)C(C)S.[Cu]. The smallest absolute Gasteiger partial charge is 0.373 e. The van der Waals surface area contributed by atoms with E-state index in [9.17, 15) is 0 Å². The van der Waals surface area contributed by atoms with Gasteiger partial charge in [-0.05, 0) is 27.7 Å². The topological polar surface area (TPSA) is 27.7 Å². The second-order valence-corrected chi connectivity index (χ2v) is 6.78. The van der Waals surface area contributed by atoms with Crippen LogP contribution in [0.15, 0.2) is 0 Å². The van der Waals surface area contributed by atoms with E-state index in [1.165, 1.54) is 0 Å². The minimum Gasteiger partial charge on any atom is -0.373 e. The van der Waals surface area contributed by atoms with Crippen LogP contribution in [0.5, 0.6) is 0 Å². The summed E-state index contributed by atoms with van der Waals surface area (Å²) in [7, 11) is -2.51. The normalized spacial score (nSPS) is 13.5. The molecule has 0 aromatic heterocycles. The standard InChI is InChI=1S/C8H20O3SSi.Cu/c1-5-9-13(8(4)12,10-6-2)11-7-3;/h8,12H,5-7H2,1-4H3;. The van der Waals surface area contributed by atoms with Gasteiger partial charge in [0.05, 0.1) is 4.87 Å². The molecule has 0 heterocycles. The fourth-order valence-corrected chi connectivity index (χ4v) is 3.94. The Balaban J connectivity index is 0. The second kappa shape index (κ2) is 9.21. The summed E-state index contributed by atoms with van der Waals surface area (Å²) in [6.07, 6.45) is 0. The molecule has 0 spiro atoms. The first-order valence-electron chi connectivity index (χ1n) is 4.72. The van der Waals surface area contributed by atoms with Crippen molar-refractivity contribution in [1.29, 1.82) is 0 Å². The van der Waals surface area contributed by atoms with Crippen molar-refractivity contribution in [2.24, 2.45) is 0 Å². The Morgan fingerprint density at radius 3 is 1.43 bits per heavy atom. The maximum atomic E-state index is 5.59. The van der Waals surface area contributed by atoms with Gasteiger partial charge in [-0.1, -0.05) is 0 Å². The van der Waals surface area contributed by atoms with Gasteiger partial charge < -0.3 is 13.3 Å². The summed E-state index contributed by atoms with van der Waals surface area (Å²) in [6, 6.07) is 0.